The molecular formula is C28H28N2O2. The highest BCUT2D eigenvalue weighted by Crippen LogP contribution is 2.27. The van der Waals surface area contributed by atoms with Gasteiger partial charge in [0.25, 0.3) is 5.91 Å². The van der Waals surface area contributed by atoms with Crippen LogP contribution in [0.2, 0.25) is 0 Å². The highest BCUT2D eigenvalue weighted by molar-refractivity contribution is 6.03. The number of benzene rings is 3. The number of anilines is 1. The largest absolute Gasteiger partial charge is 0.356 e. The van der Waals surface area contributed by atoms with Gasteiger partial charge in [-0.25, -0.2) is 0 Å². The van der Waals surface area contributed by atoms with Crippen LogP contribution >= 0.6 is 0 Å². The zero-order valence-electron chi connectivity index (χ0n) is 18.1. The summed E-state index contributed by atoms with van der Waals surface area (Å²) >= 11 is 0. The van der Waals surface area contributed by atoms with E-state index in [4.69, 9.17) is 0 Å². The summed E-state index contributed by atoms with van der Waals surface area (Å²) < 4.78 is 0. The van der Waals surface area contributed by atoms with Crippen LogP contribution in [0.5, 0.6) is 0 Å². The fourth-order valence-corrected chi connectivity index (χ4v) is 3.51. The molecule has 2 amide bonds. The first-order valence-corrected chi connectivity index (χ1v) is 11.1. The number of nitrogens with zero attached hydrogens (tertiary/aromatic N) is 1. The molecule has 1 saturated carbocycles. The van der Waals surface area contributed by atoms with Crippen LogP contribution in [0, 0.1) is 5.92 Å². The van der Waals surface area contributed by atoms with E-state index in [1.165, 1.54) is 12.8 Å². The van der Waals surface area contributed by atoms with E-state index < -0.39 is 0 Å². The van der Waals surface area contributed by atoms with E-state index >= 15 is 0 Å². The van der Waals surface area contributed by atoms with Crippen molar-refractivity contribution in [1.29, 1.82) is 0 Å². The summed E-state index contributed by atoms with van der Waals surface area (Å²) in [5, 5.41) is 3.00. The van der Waals surface area contributed by atoms with E-state index in [1.807, 2.05) is 91.0 Å². The van der Waals surface area contributed by atoms with E-state index in [0.29, 0.717) is 18.9 Å². The molecule has 4 rings (SSSR count). The fraction of sp³-hybridized carbons (Fsp3) is 0.214. The highest BCUT2D eigenvalue weighted by Gasteiger charge is 2.21. The second-order valence-corrected chi connectivity index (χ2v) is 8.24. The zero-order chi connectivity index (χ0) is 22.2. The summed E-state index contributed by atoms with van der Waals surface area (Å²) in [5.74, 6) is 0.628. The van der Waals surface area contributed by atoms with Crippen LogP contribution < -0.4 is 10.2 Å². The summed E-state index contributed by atoms with van der Waals surface area (Å²) in [7, 11) is 0. The first-order valence-electron chi connectivity index (χ1n) is 11.1. The van der Waals surface area contributed by atoms with Gasteiger partial charge in [0.05, 0.1) is 13.0 Å². The van der Waals surface area contributed by atoms with Crippen LogP contribution in [0.4, 0.5) is 5.69 Å². The molecule has 0 saturated heterocycles. The summed E-state index contributed by atoms with van der Waals surface area (Å²) in [6.07, 6.45) is 6.24. The number of carbonyl (C=O) groups is 2. The van der Waals surface area contributed by atoms with E-state index in [1.54, 1.807) is 11.0 Å². The maximum Gasteiger partial charge on any atom is 0.251 e. The van der Waals surface area contributed by atoms with Gasteiger partial charge < -0.3 is 10.2 Å². The Labute approximate surface area is 189 Å². The molecule has 0 heterocycles. The molecule has 162 valence electrons. The van der Waals surface area contributed by atoms with Gasteiger partial charge in [-0.3, -0.25) is 9.59 Å². The van der Waals surface area contributed by atoms with E-state index in [0.717, 1.165) is 28.9 Å². The summed E-state index contributed by atoms with van der Waals surface area (Å²) in [4.78, 5) is 27.0. The number of rotatable bonds is 9. The Hall–Kier alpha value is -3.66. The topological polar surface area (TPSA) is 49.4 Å². The maximum absolute atomic E-state index is 13.1. The Morgan fingerprint density at radius 3 is 2.16 bits per heavy atom. The maximum atomic E-state index is 13.1. The van der Waals surface area contributed by atoms with Gasteiger partial charge in [0.1, 0.15) is 0 Å². The normalized spacial score (nSPS) is 13.1. The van der Waals surface area contributed by atoms with Crippen LogP contribution in [0.1, 0.15) is 29.5 Å². The molecule has 1 fully saturated rings. The Kier molecular flexibility index (Phi) is 7.13. The molecule has 4 nitrogen and oxygen atoms in total. The second kappa shape index (κ2) is 10.6. The van der Waals surface area contributed by atoms with Gasteiger partial charge in [0, 0.05) is 18.3 Å². The molecule has 0 atom stereocenters. The van der Waals surface area contributed by atoms with Gasteiger partial charge in [-0.2, -0.15) is 0 Å². The van der Waals surface area contributed by atoms with E-state index in [9.17, 15) is 9.59 Å². The minimum atomic E-state index is -0.0902. The van der Waals surface area contributed by atoms with Crippen molar-refractivity contribution in [2.24, 2.45) is 5.92 Å². The molecule has 0 bridgehead atoms. The van der Waals surface area contributed by atoms with Crippen LogP contribution in [-0.2, 0) is 22.6 Å². The van der Waals surface area contributed by atoms with Gasteiger partial charge in [-0.1, -0.05) is 72.8 Å². The smallest absolute Gasteiger partial charge is 0.251 e. The van der Waals surface area contributed by atoms with Gasteiger partial charge in [0.2, 0.25) is 5.91 Å². The molecule has 3 aromatic rings. The lowest BCUT2D eigenvalue weighted by Crippen LogP contribution is -2.29. The third-order valence-electron chi connectivity index (χ3n) is 5.57. The Morgan fingerprint density at radius 2 is 1.50 bits per heavy atom. The minimum absolute atomic E-state index is 0.0488. The molecule has 0 aromatic heterocycles. The van der Waals surface area contributed by atoms with Gasteiger partial charge >= 0.3 is 0 Å². The highest BCUT2D eigenvalue weighted by atomic mass is 16.2. The third kappa shape index (κ3) is 6.42. The second-order valence-electron chi connectivity index (χ2n) is 8.24. The minimum Gasteiger partial charge on any atom is -0.356 e. The first kappa shape index (κ1) is 21.6. The van der Waals surface area contributed by atoms with E-state index in [-0.39, 0.29) is 11.8 Å². The lowest BCUT2D eigenvalue weighted by molar-refractivity contribution is -0.120. The van der Waals surface area contributed by atoms with Crippen molar-refractivity contribution in [3.63, 3.8) is 0 Å². The average molecular weight is 425 g/mol. The Balaban J connectivity index is 1.47. The lowest BCUT2D eigenvalue weighted by atomic mass is 10.1. The predicted molar refractivity (Wildman–Crippen MR) is 129 cm³/mol. The molecule has 1 N–H and O–H groups in total. The zero-order valence-corrected chi connectivity index (χ0v) is 18.1. The van der Waals surface area contributed by atoms with Gasteiger partial charge in [-0.05, 0) is 53.7 Å². The SMILES string of the molecule is O=C(Cc1ccc(N(Cc2ccccc2)C(=O)/C=C/c2ccccc2)cc1)NCC1CC1. The predicted octanol–water partition coefficient (Wildman–Crippen LogP) is 5.00. The van der Waals surface area contributed by atoms with Crippen LogP contribution in [0.15, 0.2) is 91.0 Å². The van der Waals surface area contributed by atoms with Crippen molar-refractivity contribution in [3.8, 4) is 0 Å². The third-order valence-corrected chi connectivity index (χ3v) is 5.57. The van der Waals surface area contributed by atoms with Crippen LogP contribution in [0.3, 0.4) is 0 Å². The van der Waals surface area contributed by atoms with E-state index in [2.05, 4.69) is 5.32 Å². The molecule has 4 heteroatoms. The molecule has 1 aliphatic carbocycles. The number of nitrogens with one attached hydrogen (secondary N) is 1. The summed E-state index contributed by atoms with van der Waals surface area (Å²) in [6.45, 7) is 1.25. The molecule has 0 aliphatic heterocycles. The number of hydrogen-bond acceptors (Lipinski definition) is 2. The van der Waals surface area contributed by atoms with Crippen molar-refractivity contribution in [2.45, 2.75) is 25.8 Å². The monoisotopic (exact) mass is 424 g/mol. The molecular weight excluding hydrogens is 396 g/mol. The Bertz CT molecular complexity index is 1060. The molecule has 0 spiro atoms. The van der Waals surface area contributed by atoms with Crippen molar-refractivity contribution in [2.75, 3.05) is 11.4 Å². The van der Waals surface area contributed by atoms with Crippen molar-refractivity contribution >= 4 is 23.6 Å². The fourth-order valence-electron chi connectivity index (χ4n) is 3.51. The summed E-state index contributed by atoms with van der Waals surface area (Å²) in [5.41, 5.74) is 3.78. The van der Waals surface area contributed by atoms with Gasteiger partial charge in [0.15, 0.2) is 0 Å². The quantitative estimate of drug-likeness (QED) is 0.491. The number of hydrogen-bond donors (Lipinski definition) is 1. The van der Waals surface area contributed by atoms with Crippen LogP contribution in [0.25, 0.3) is 6.08 Å². The number of amides is 2. The molecule has 3 aromatic carbocycles. The average Bonchev–Trinajstić information content (AvgIpc) is 3.66. The molecule has 1 aliphatic rings. The van der Waals surface area contributed by atoms with Crippen LogP contribution in [-0.4, -0.2) is 18.4 Å². The molecule has 32 heavy (non-hydrogen) atoms. The van der Waals surface area contributed by atoms with Gasteiger partial charge in [-0.15, -0.1) is 0 Å². The molecule has 0 unspecified atom stereocenters. The molecule has 0 radical (unpaired) electrons. The Morgan fingerprint density at radius 1 is 0.844 bits per heavy atom. The number of carbonyl (C=O) groups excluding carboxylic acids is 2. The van der Waals surface area contributed by atoms with Crippen molar-refractivity contribution < 1.29 is 9.59 Å². The van der Waals surface area contributed by atoms with Crippen molar-refractivity contribution in [3.05, 3.63) is 108 Å². The summed E-state index contributed by atoms with van der Waals surface area (Å²) in [6, 6.07) is 27.4. The lowest BCUT2D eigenvalue weighted by Gasteiger charge is -2.22. The first-order chi connectivity index (χ1) is 15.7. The standard InChI is InChI=1S/C28H28N2O2/c31-27(29-20-24-11-12-24)19-23-13-16-26(17-14-23)30(21-25-9-5-2-6-10-25)28(32)18-15-22-7-3-1-4-8-22/h1-10,13-18,24H,11-12,19-21H2,(H,29,31)/b18-15+. The van der Waals surface area contributed by atoms with Crippen molar-refractivity contribution in [1.82, 2.24) is 5.32 Å².